The van der Waals surface area contributed by atoms with Gasteiger partial charge in [-0.1, -0.05) is 12.1 Å². The number of rotatable bonds is 4. The Bertz CT molecular complexity index is 657. The quantitative estimate of drug-likeness (QED) is 0.877. The molecule has 0 fully saturated rings. The molecule has 2 aromatic rings. The first-order valence-electron chi connectivity index (χ1n) is 6.40. The highest BCUT2D eigenvalue weighted by Crippen LogP contribution is 2.17. The average molecular weight is 288 g/mol. The van der Waals surface area contributed by atoms with Crippen molar-refractivity contribution in [3.63, 3.8) is 0 Å². The normalized spacial score (nSPS) is 12.3. The second-order valence-corrected chi connectivity index (χ2v) is 4.52. The maximum absolute atomic E-state index is 13.6. The van der Waals surface area contributed by atoms with E-state index in [1.807, 2.05) is 0 Å². The Morgan fingerprint density at radius 1 is 1.33 bits per heavy atom. The average Bonchev–Trinajstić information content (AvgIpc) is 2.46. The topological polar surface area (TPSA) is 42.0 Å². The molecule has 1 aromatic carbocycles. The van der Waals surface area contributed by atoms with E-state index < -0.39 is 17.7 Å². The summed E-state index contributed by atoms with van der Waals surface area (Å²) in [7, 11) is 0. The molecule has 0 aliphatic carbocycles. The summed E-state index contributed by atoms with van der Waals surface area (Å²) in [6.45, 7) is 1.63. The Labute approximate surface area is 121 Å². The van der Waals surface area contributed by atoms with E-state index in [1.54, 1.807) is 37.5 Å². The van der Waals surface area contributed by atoms with E-state index >= 15 is 0 Å². The molecular weight excluding hydrogens is 274 g/mol. The highest BCUT2D eigenvalue weighted by atomic mass is 19.1. The number of carbonyl (C=O) groups is 1. The van der Waals surface area contributed by atoms with E-state index in [9.17, 15) is 13.6 Å². The molecule has 0 radical (unpaired) electrons. The number of hydrogen-bond acceptors (Lipinski definition) is 2. The standard InChI is InChI=1S/C16H14F2N2O/c1-11(14-6-5-13(17)9-15(14)18)20-16(21)7-4-12-3-2-8-19-10-12/h2-11H,1H3,(H,20,21)/b7-4+/t11-/m1/s1. The molecule has 1 heterocycles. The number of nitrogens with zero attached hydrogens (tertiary/aromatic N) is 1. The number of hydrogen-bond donors (Lipinski definition) is 1. The van der Waals surface area contributed by atoms with Crippen molar-refractivity contribution in [1.29, 1.82) is 0 Å². The molecule has 0 unspecified atom stereocenters. The van der Waals surface area contributed by atoms with Gasteiger partial charge in [-0.3, -0.25) is 9.78 Å². The Kier molecular flexibility index (Phi) is 4.77. The van der Waals surface area contributed by atoms with E-state index in [2.05, 4.69) is 10.3 Å². The van der Waals surface area contributed by atoms with Gasteiger partial charge < -0.3 is 5.32 Å². The van der Waals surface area contributed by atoms with E-state index in [-0.39, 0.29) is 11.5 Å². The summed E-state index contributed by atoms with van der Waals surface area (Å²) in [6, 6.07) is 6.28. The third-order valence-electron chi connectivity index (χ3n) is 2.90. The molecule has 3 nitrogen and oxygen atoms in total. The number of amides is 1. The van der Waals surface area contributed by atoms with Crippen molar-refractivity contribution in [2.24, 2.45) is 0 Å². The molecule has 0 aliphatic heterocycles. The first-order chi connectivity index (χ1) is 10.1. The molecule has 21 heavy (non-hydrogen) atoms. The van der Waals surface area contributed by atoms with Crippen LogP contribution in [0, 0.1) is 11.6 Å². The van der Waals surface area contributed by atoms with Gasteiger partial charge in [0.15, 0.2) is 0 Å². The van der Waals surface area contributed by atoms with Gasteiger partial charge in [-0.2, -0.15) is 0 Å². The van der Waals surface area contributed by atoms with Crippen molar-refractivity contribution in [1.82, 2.24) is 10.3 Å². The molecule has 108 valence electrons. The summed E-state index contributed by atoms with van der Waals surface area (Å²) >= 11 is 0. The Morgan fingerprint density at radius 3 is 2.81 bits per heavy atom. The van der Waals surface area contributed by atoms with Gasteiger partial charge in [-0.15, -0.1) is 0 Å². The molecule has 0 spiro atoms. The van der Waals surface area contributed by atoms with E-state index in [0.29, 0.717) is 0 Å². The summed E-state index contributed by atoms with van der Waals surface area (Å²) in [5, 5.41) is 2.62. The Hall–Kier alpha value is -2.56. The minimum absolute atomic E-state index is 0.236. The van der Waals surface area contributed by atoms with Gasteiger partial charge in [0, 0.05) is 30.1 Å². The minimum atomic E-state index is -0.681. The number of halogens is 2. The lowest BCUT2D eigenvalue weighted by atomic mass is 10.1. The van der Waals surface area contributed by atoms with Crippen molar-refractivity contribution in [2.45, 2.75) is 13.0 Å². The predicted octanol–water partition coefficient (Wildman–Crippen LogP) is 3.25. The molecular formula is C16H14F2N2O. The Morgan fingerprint density at radius 2 is 2.14 bits per heavy atom. The molecule has 0 saturated heterocycles. The zero-order valence-corrected chi connectivity index (χ0v) is 11.4. The largest absolute Gasteiger partial charge is 0.346 e. The fraction of sp³-hybridized carbons (Fsp3) is 0.125. The van der Waals surface area contributed by atoms with Crippen LogP contribution >= 0.6 is 0 Å². The van der Waals surface area contributed by atoms with Gasteiger partial charge in [0.25, 0.3) is 0 Å². The Balaban J connectivity index is 2.00. The van der Waals surface area contributed by atoms with Gasteiger partial charge in [0.1, 0.15) is 11.6 Å². The van der Waals surface area contributed by atoms with Crippen LogP contribution in [0.5, 0.6) is 0 Å². The number of pyridine rings is 1. The van der Waals surface area contributed by atoms with Gasteiger partial charge in [0.05, 0.1) is 6.04 Å². The fourth-order valence-corrected chi connectivity index (χ4v) is 1.84. The SMILES string of the molecule is C[C@@H](NC(=O)/C=C/c1cccnc1)c1ccc(F)cc1F. The zero-order valence-electron chi connectivity index (χ0n) is 11.4. The van der Waals surface area contributed by atoms with Crippen molar-refractivity contribution >= 4 is 12.0 Å². The smallest absolute Gasteiger partial charge is 0.244 e. The van der Waals surface area contributed by atoms with E-state index in [4.69, 9.17) is 0 Å². The second-order valence-electron chi connectivity index (χ2n) is 4.52. The van der Waals surface area contributed by atoms with E-state index in [0.717, 1.165) is 17.7 Å². The highest BCUT2D eigenvalue weighted by Gasteiger charge is 2.12. The summed E-state index contributed by atoms with van der Waals surface area (Å²) in [6.07, 6.45) is 6.20. The molecule has 1 atom stereocenters. The summed E-state index contributed by atoms with van der Waals surface area (Å²) in [4.78, 5) is 15.7. The van der Waals surface area contributed by atoms with Gasteiger partial charge in [0.2, 0.25) is 5.91 Å². The summed E-state index contributed by atoms with van der Waals surface area (Å²) < 4.78 is 26.4. The van der Waals surface area contributed by atoms with Crippen LogP contribution in [0.4, 0.5) is 8.78 Å². The number of benzene rings is 1. The van der Waals surface area contributed by atoms with Crippen LogP contribution in [0.15, 0.2) is 48.8 Å². The van der Waals surface area contributed by atoms with Crippen molar-refractivity contribution in [2.75, 3.05) is 0 Å². The number of nitrogens with one attached hydrogen (secondary N) is 1. The predicted molar refractivity (Wildman–Crippen MR) is 76.2 cm³/mol. The third-order valence-corrected chi connectivity index (χ3v) is 2.90. The number of aromatic nitrogens is 1. The van der Waals surface area contributed by atoms with Crippen molar-refractivity contribution in [3.05, 3.63) is 71.6 Å². The molecule has 1 N–H and O–H groups in total. The van der Waals surface area contributed by atoms with Crippen LogP contribution in [-0.4, -0.2) is 10.9 Å². The first kappa shape index (κ1) is 14.8. The highest BCUT2D eigenvalue weighted by molar-refractivity contribution is 5.91. The zero-order chi connectivity index (χ0) is 15.2. The van der Waals surface area contributed by atoms with Crippen LogP contribution in [0.25, 0.3) is 6.08 Å². The van der Waals surface area contributed by atoms with Gasteiger partial charge in [-0.05, 0) is 30.7 Å². The molecule has 2 rings (SSSR count). The maximum Gasteiger partial charge on any atom is 0.244 e. The minimum Gasteiger partial charge on any atom is -0.346 e. The lowest BCUT2D eigenvalue weighted by Gasteiger charge is -2.13. The molecule has 0 aliphatic rings. The van der Waals surface area contributed by atoms with Crippen LogP contribution in [0.1, 0.15) is 24.1 Å². The molecule has 0 saturated carbocycles. The number of carbonyl (C=O) groups excluding carboxylic acids is 1. The summed E-state index contributed by atoms with van der Waals surface area (Å²) in [5.41, 5.74) is 1.02. The monoisotopic (exact) mass is 288 g/mol. The van der Waals surface area contributed by atoms with E-state index in [1.165, 1.54) is 12.1 Å². The second kappa shape index (κ2) is 6.74. The molecule has 1 aromatic heterocycles. The lowest BCUT2D eigenvalue weighted by molar-refractivity contribution is -0.117. The van der Waals surface area contributed by atoms with Crippen LogP contribution in [0.3, 0.4) is 0 Å². The van der Waals surface area contributed by atoms with Gasteiger partial charge in [-0.25, -0.2) is 8.78 Å². The van der Waals surface area contributed by atoms with Crippen LogP contribution < -0.4 is 5.32 Å². The van der Waals surface area contributed by atoms with Crippen molar-refractivity contribution in [3.8, 4) is 0 Å². The molecule has 5 heteroatoms. The fourth-order valence-electron chi connectivity index (χ4n) is 1.84. The molecule has 0 bridgehead atoms. The lowest BCUT2D eigenvalue weighted by Crippen LogP contribution is -2.25. The summed E-state index contributed by atoms with van der Waals surface area (Å²) in [5.74, 6) is -1.69. The van der Waals surface area contributed by atoms with Crippen molar-refractivity contribution < 1.29 is 13.6 Å². The van der Waals surface area contributed by atoms with Crippen LogP contribution in [0.2, 0.25) is 0 Å². The third kappa shape index (κ3) is 4.21. The molecule has 1 amide bonds. The first-order valence-corrected chi connectivity index (χ1v) is 6.40. The maximum atomic E-state index is 13.6. The van der Waals surface area contributed by atoms with Crippen LogP contribution in [-0.2, 0) is 4.79 Å². The van der Waals surface area contributed by atoms with Gasteiger partial charge >= 0.3 is 0 Å².